The van der Waals surface area contributed by atoms with Gasteiger partial charge in [-0.3, -0.25) is 0 Å². The molecule has 2 aromatic carbocycles. The molecule has 28 heavy (non-hydrogen) atoms. The van der Waals surface area contributed by atoms with Crippen LogP contribution >= 0.6 is 0 Å². The molecule has 2 aliphatic rings. The van der Waals surface area contributed by atoms with E-state index in [1.807, 2.05) is 0 Å². The molecule has 0 radical (unpaired) electrons. The molecule has 2 aromatic rings. The molecular formula is C26H29NO. The fourth-order valence-corrected chi connectivity index (χ4v) is 4.30. The van der Waals surface area contributed by atoms with Gasteiger partial charge in [0.25, 0.3) is 0 Å². The highest BCUT2D eigenvalue weighted by Crippen LogP contribution is 2.47. The molecule has 1 aliphatic heterocycles. The van der Waals surface area contributed by atoms with Crippen molar-refractivity contribution in [2.24, 2.45) is 16.3 Å². The third-order valence-electron chi connectivity index (χ3n) is 6.05. The van der Waals surface area contributed by atoms with E-state index in [0.717, 1.165) is 12.3 Å². The van der Waals surface area contributed by atoms with E-state index < -0.39 is 0 Å². The molecule has 0 amide bonds. The molecule has 2 nitrogen and oxygen atoms in total. The van der Waals surface area contributed by atoms with Crippen molar-refractivity contribution in [1.82, 2.24) is 0 Å². The quantitative estimate of drug-likeness (QED) is 0.545. The summed E-state index contributed by atoms with van der Waals surface area (Å²) in [5, 5.41) is 0. The fourth-order valence-electron chi connectivity index (χ4n) is 4.30. The summed E-state index contributed by atoms with van der Waals surface area (Å²) in [5.41, 5.74) is 2.19. The van der Waals surface area contributed by atoms with Crippen LogP contribution in [-0.2, 0) is 4.74 Å². The Morgan fingerprint density at radius 3 is 2.29 bits per heavy atom. The van der Waals surface area contributed by atoms with Crippen LogP contribution in [0.5, 0.6) is 0 Å². The van der Waals surface area contributed by atoms with Crippen molar-refractivity contribution in [2.45, 2.75) is 45.3 Å². The van der Waals surface area contributed by atoms with Crippen LogP contribution in [-0.4, -0.2) is 5.90 Å². The van der Waals surface area contributed by atoms with E-state index in [2.05, 4.69) is 98.8 Å². The first-order valence-corrected chi connectivity index (χ1v) is 10.4. The van der Waals surface area contributed by atoms with E-state index in [1.165, 1.54) is 24.0 Å². The zero-order valence-corrected chi connectivity index (χ0v) is 16.8. The molecule has 0 saturated carbocycles. The third-order valence-corrected chi connectivity index (χ3v) is 6.05. The number of benzene rings is 2. The Morgan fingerprint density at radius 1 is 0.929 bits per heavy atom. The van der Waals surface area contributed by atoms with Crippen LogP contribution in [0, 0.1) is 11.3 Å². The molecule has 0 saturated heterocycles. The summed E-state index contributed by atoms with van der Waals surface area (Å²) in [6, 6.07) is 21.0. The number of hydrogen-bond donors (Lipinski definition) is 0. The largest absolute Gasteiger partial charge is 0.469 e. The summed E-state index contributed by atoms with van der Waals surface area (Å²) in [6.45, 7) is 4.53. The molecule has 1 heterocycles. The number of aliphatic imine (C=N–C) groups is 1. The van der Waals surface area contributed by atoms with Gasteiger partial charge in [-0.1, -0.05) is 105 Å². The Morgan fingerprint density at radius 2 is 1.61 bits per heavy atom. The van der Waals surface area contributed by atoms with Gasteiger partial charge in [0.05, 0.1) is 5.41 Å². The van der Waals surface area contributed by atoms with Crippen LogP contribution in [0.2, 0.25) is 0 Å². The summed E-state index contributed by atoms with van der Waals surface area (Å²) in [4.78, 5) is 5.18. The van der Waals surface area contributed by atoms with Gasteiger partial charge in [0.2, 0.25) is 0 Å². The monoisotopic (exact) mass is 371 g/mol. The first kappa shape index (κ1) is 18.7. The van der Waals surface area contributed by atoms with Crippen LogP contribution in [0.3, 0.4) is 0 Å². The van der Waals surface area contributed by atoms with Crippen molar-refractivity contribution in [3.63, 3.8) is 0 Å². The second-order valence-electron chi connectivity index (χ2n) is 8.01. The number of rotatable bonds is 6. The van der Waals surface area contributed by atoms with Crippen LogP contribution in [0.1, 0.15) is 56.4 Å². The predicted molar refractivity (Wildman–Crippen MR) is 116 cm³/mol. The fraction of sp³-hybridized carbons (Fsp3) is 0.346. The Hall–Kier alpha value is -2.61. The maximum Gasteiger partial charge on any atom is 0.195 e. The molecule has 4 rings (SSSR count). The Balaban J connectivity index is 1.71. The minimum absolute atomic E-state index is 0.0124. The van der Waals surface area contributed by atoms with Gasteiger partial charge in [-0.25, -0.2) is 4.99 Å². The standard InChI is InChI=1S/C26H29NO/c1-3-4-17-22-18-11-12-19-26(22,2)25-27-23(20-13-7-5-8-14-20)24(28-25)21-15-9-6-10-16-21/h5-16,18-19,22-24H,3-4,17H2,1-2H3/t22-,23-,24-,26+/m1/s1. The summed E-state index contributed by atoms with van der Waals surface area (Å²) in [7, 11) is 0. The number of allylic oxidation sites excluding steroid dienone is 3. The van der Waals surface area contributed by atoms with Crippen molar-refractivity contribution in [2.75, 3.05) is 0 Å². The molecule has 144 valence electrons. The highest BCUT2D eigenvalue weighted by atomic mass is 16.5. The topological polar surface area (TPSA) is 21.6 Å². The smallest absolute Gasteiger partial charge is 0.195 e. The van der Waals surface area contributed by atoms with Crippen LogP contribution in [0.15, 0.2) is 90.0 Å². The average molecular weight is 372 g/mol. The van der Waals surface area contributed by atoms with Crippen molar-refractivity contribution in [3.8, 4) is 0 Å². The highest BCUT2D eigenvalue weighted by molar-refractivity contribution is 5.87. The van der Waals surface area contributed by atoms with Crippen molar-refractivity contribution in [3.05, 3.63) is 96.1 Å². The molecule has 2 heteroatoms. The summed E-state index contributed by atoms with van der Waals surface area (Å²) < 4.78 is 6.63. The van der Waals surface area contributed by atoms with E-state index in [0.29, 0.717) is 5.92 Å². The maximum atomic E-state index is 6.63. The van der Waals surface area contributed by atoms with E-state index in [9.17, 15) is 0 Å². The lowest BCUT2D eigenvalue weighted by Gasteiger charge is -2.35. The van der Waals surface area contributed by atoms with E-state index in [1.54, 1.807) is 0 Å². The molecule has 0 N–H and O–H groups in total. The minimum Gasteiger partial charge on any atom is -0.469 e. The van der Waals surface area contributed by atoms with Gasteiger partial charge in [-0.05, 0) is 30.4 Å². The van der Waals surface area contributed by atoms with E-state index in [4.69, 9.17) is 9.73 Å². The zero-order chi connectivity index (χ0) is 19.4. The van der Waals surface area contributed by atoms with Crippen LogP contribution < -0.4 is 0 Å². The first-order valence-electron chi connectivity index (χ1n) is 10.4. The Bertz CT molecular complexity index is 868. The molecular weight excluding hydrogens is 342 g/mol. The molecule has 0 unspecified atom stereocenters. The third kappa shape index (κ3) is 3.56. The van der Waals surface area contributed by atoms with Gasteiger partial charge < -0.3 is 4.74 Å². The summed E-state index contributed by atoms with van der Waals surface area (Å²) in [6.07, 6.45) is 12.4. The number of unbranched alkanes of at least 4 members (excludes halogenated alkanes) is 1. The SMILES string of the molecule is CCCC[C@@H]1C=CC=C[C@]1(C)C1=N[C@H](c2ccccc2)[C@@H](c2ccccc2)O1. The Kier molecular flexibility index (Phi) is 5.47. The molecule has 0 spiro atoms. The second kappa shape index (κ2) is 8.18. The number of hydrogen-bond acceptors (Lipinski definition) is 2. The van der Waals surface area contributed by atoms with Gasteiger partial charge in [-0.2, -0.15) is 0 Å². The van der Waals surface area contributed by atoms with Gasteiger partial charge in [0, 0.05) is 0 Å². The molecule has 0 aromatic heterocycles. The lowest BCUT2D eigenvalue weighted by molar-refractivity contribution is 0.168. The molecule has 0 fully saturated rings. The highest BCUT2D eigenvalue weighted by Gasteiger charge is 2.44. The van der Waals surface area contributed by atoms with Gasteiger partial charge in [-0.15, -0.1) is 0 Å². The van der Waals surface area contributed by atoms with Crippen molar-refractivity contribution < 1.29 is 4.74 Å². The molecule has 4 atom stereocenters. The van der Waals surface area contributed by atoms with Gasteiger partial charge in [0.15, 0.2) is 12.0 Å². The maximum absolute atomic E-state index is 6.63. The lowest BCUT2D eigenvalue weighted by atomic mass is 9.72. The van der Waals surface area contributed by atoms with E-state index in [-0.39, 0.29) is 17.6 Å². The van der Waals surface area contributed by atoms with Gasteiger partial charge >= 0.3 is 0 Å². The Labute approximate surface area is 168 Å². The summed E-state index contributed by atoms with van der Waals surface area (Å²) >= 11 is 0. The van der Waals surface area contributed by atoms with Crippen molar-refractivity contribution in [1.29, 1.82) is 0 Å². The van der Waals surface area contributed by atoms with Crippen molar-refractivity contribution >= 4 is 5.90 Å². The van der Waals surface area contributed by atoms with Crippen LogP contribution in [0.4, 0.5) is 0 Å². The van der Waals surface area contributed by atoms with Crippen LogP contribution in [0.25, 0.3) is 0 Å². The number of ether oxygens (including phenoxy) is 1. The zero-order valence-electron chi connectivity index (χ0n) is 16.8. The van der Waals surface area contributed by atoms with Gasteiger partial charge in [0.1, 0.15) is 6.04 Å². The first-order chi connectivity index (χ1) is 13.7. The predicted octanol–water partition coefficient (Wildman–Crippen LogP) is 6.84. The lowest BCUT2D eigenvalue weighted by Crippen LogP contribution is -2.35. The minimum atomic E-state index is -0.194. The summed E-state index contributed by atoms with van der Waals surface area (Å²) in [5.74, 6) is 1.29. The van der Waals surface area contributed by atoms with E-state index >= 15 is 0 Å². The molecule has 0 bridgehead atoms. The molecule has 1 aliphatic carbocycles. The normalized spacial score (nSPS) is 28.8. The average Bonchev–Trinajstić information content (AvgIpc) is 3.21. The second-order valence-corrected chi connectivity index (χ2v) is 8.01. The number of nitrogens with zero attached hydrogens (tertiary/aromatic N) is 1.